The van der Waals surface area contributed by atoms with Crippen LogP contribution >= 0.6 is 12.4 Å². The maximum atomic E-state index is 11.6. The first-order valence-electron chi connectivity index (χ1n) is 5.64. The maximum Gasteiger partial charge on any atom is 0.224 e. The van der Waals surface area contributed by atoms with Gasteiger partial charge in [-0.15, -0.1) is 12.4 Å². The van der Waals surface area contributed by atoms with Gasteiger partial charge in [-0.05, 0) is 30.5 Å². The maximum absolute atomic E-state index is 11.6. The molecule has 3 N–H and O–H groups in total. The van der Waals surface area contributed by atoms with Crippen molar-refractivity contribution in [1.82, 2.24) is 5.32 Å². The summed E-state index contributed by atoms with van der Waals surface area (Å²) < 4.78 is 0. The van der Waals surface area contributed by atoms with Gasteiger partial charge in [0.1, 0.15) is 0 Å². The summed E-state index contributed by atoms with van der Waals surface area (Å²) in [6.45, 7) is 5.30. The van der Waals surface area contributed by atoms with E-state index in [2.05, 4.69) is 5.32 Å². The summed E-state index contributed by atoms with van der Waals surface area (Å²) in [5.74, 6) is 0.399. The molecule has 0 spiro atoms. The molecular formula is C13H21ClN2O. The van der Waals surface area contributed by atoms with Gasteiger partial charge in [-0.25, -0.2) is 0 Å². The van der Waals surface area contributed by atoms with Crippen LogP contribution in [0.25, 0.3) is 0 Å². The smallest absolute Gasteiger partial charge is 0.224 e. The Balaban J connectivity index is 0.00000256. The van der Waals surface area contributed by atoms with Crippen molar-refractivity contribution in [2.75, 3.05) is 13.1 Å². The van der Waals surface area contributed by atoms with E-state index in [1.165, 1.54) is 0 Å². The van der Waals surface area contributed by atoms with Crippen LogP contribution in [0.2, 0.25) is 0 Å². The van der Waals surface area contributed by atoms with Gasteiger partial charge in [-0.3, -0.25) is 4.79 Å². The fourth-order valence-corrected chi connectivity index (χ4v) is 1.42. The van der Waals surface area contributed by atoms with Gasteiger partial charge in [-0.2, -0.15) is 0 Å². The first kappa shape index (κ1) is 15.9. The van der Waals surface area contributed by atoms with Crippen molar-refractivity contribution >= 4 is 18.3 Å². The number of amides is 1. The van der Waals surface area contributed by atoms with E-state index < -0.39 is 0 Å². The number of benzene rings is 1. The zero-order chi connectivity index (χ0) is 12.0. The highest BCUT2D eigenvalue weighted by molar-refractivity contribution is 5.85. The Hall–Kier alpha value is -1.06. The summed E-state index contributed by atoms with van der Waals surface area (Å²) >= 11 is 0. The van der Waals surface area contributed by atoms with Crippen molar-refractivity contribution in [1.29, 1.82) is 0 Å². The zero-order valence-electron chi connectivity index (χ0n) is 10.4. The van der Waals surface area contributed by atoms with E-state index in [1.807, 2.05) is 38.1 Å². The molecule has 0 saturated carbocycles. The Morgan fingerprint density at radius 1 is 1.41 bits per heavy atom. The van der Waals surface area contributed by atoms with Gasteiger partial charge in [0.25, 0.3) is 0 Å². The fraction of sp³-hybridized carbons (Fsp3) is 0.462. The fourth-order valence-electron chi connectivity index (χ4n) is 1.42. The van der Waals surface area contributed by atoms with Crippen molar-refractivity contribution in [2.24, 2.45) is 11.7 Å². The molecule has 0 fully saturated rings. The summed E-state index contributed by atoms with van der Waals surface area (Å²) in [7, 11) is 0. The lowest BCUT2D eigenvalue weighted by molar-refractivity contribution is -0.120. The topological polar surface area (TPSA) is 55.1 Å². The molecule has 1 rings (SSSR count). The van der Waals surface area contributed by atoms with Gasteiger partial charge in [-0.1, -0.05) is 31.2 Å². The standard InChI is InChI=1S/C13H20N2O.ClH/c1-10(8-14)9-15-13(16)7-12-6-4-3-5-11(12)2;/h3-6,10H,7-9,14H2,1-2H3,(H,15,16);1H. The Morgan fingerprint density at radius 2 is 2.06 bits per heavy atom. The molecule has 0 saturated heterocycles. The normalized spacial score (nSPS) is 11.5. The molecule has 0 heterocycles. The van der Waals surface area contributed by atoms with Crippen LogP contribution in [0.4, 0.5) is 0 Å². The number of carbonyl (C=O) groups is 1. The highest BCUT2D eigenvalue weighted by atomic mass is 35.5. The van der Waals surface area contributed by atoms with Crippen LogP contribution in [-0.2, 0) is 11.2 Å². The molecule has 0 aliphatic rings. The molecule has 0 aliphatic carbocycles. The quantitative estimate of drug-likeness (QED) is 0.842. The van der Waals surface area contributed by atoms with Gasteiger partial charge in [0.15, 0.2) is 0 Å². The van der Waals surface area contributed by atoms with Gasteiger partial charge in [0, 0.05) is 6.54 Å². The van der Waals surface area contributed by atoms with Crippen LogP contribution in [0.5, 0.6) is 0 Å². The number of nitrogens with two attached hydrogens (primary N) is 1. The summed E-state index contributed by atoms with van der Waals surface area (Å²) in [5.41, 5.74) is 7.72. The van der Waals surface area contributed by atoms with Crippen LogP contribution in [0.3, 0.4) is 0 Å². The Bertz CT molecular complexity index is 355. The van der Waals surface area contributed by atoms with Crippen molar-refractivity contribution in [2.45, 2.75) is 20.3 Å². The van der Waals surface area contributed by atoms with Crippen LogP contribution < -0.4 is 11.1 Å². The van der Waals surface area contributed by atoms with E-state index in [0.717, 1.165) is 11.1 Å². The summed E-state index contributed by atoms with van der Waals surface area (Å²) in [6, 6.07) is 7.94. The first-order chi connectivity index (χ1) is 7.63. The molecule has 1 unspecified atom stereocenters. The summed E-state index contributed by atoms with van der Waals surface area (Å²) in [4.78, 5) is 11.6. The number of rotatable bonds is 5. The zero-order valence-corrected chi connectivity index (χ0v) is 11.2. The number of hydrogen-bond acceptors (Lipinski definition) is 2. The van der Waals surface area contributed by atoms with Crippen LogP contribution in [0.1, 0.15) is 18.1 Å². The number of carbonyl (C=O) groups excluding carboxylic acids is 1. The van der Waals surface area contributed by atoms with Gasteiger partial charge >= 0.3 is 0 Å². The van der Waals surface area contributed by atoms with E-state index in [0.29, 0.717) is 25.4 Å². The third-order valence-electron chi connectivity index (χ3n) is 2.66. The molecular weight excluding hydrogens is 236 g/mol. The lowest BCUT2D eigenvalue weighted by atomic mass is 10.1. The predicted molar refractivity (Wildman–Crippen MR) is 73.4 cm³/mol. The molecule has 1 atom stereocenters. The van der Waals surface area contributed by atoms with Crippen LogP contribution in [0.15, 0.2) is 24.3 Å². The minimum atomic E-state index is 0. The van der Waals surface area contributed by atoms with E-state index in [4.69, 9.17) is 5.73 Å². The van der Waals surface area contributed by atoms with Crippen LogP contribution in [-0.4, -0.2) is 19.0 Å². The van der Waals surface area contributed by atoms with Crippen LogP contribution in [0, 0.1) is 12.8 Å². The largest absolute Gasteiger partial charge is 0.355 e. The lowest BCUT2D eigenvalue weighted by Gasteiger charge is -2.10. The Morgan fingerprint density at radius 3 is 2.65 bits per heavy atom. The SMILES string of the molecule is Cc1ccccc1CC(=O)NCC(C)CN.Cl. The molecule has 17 heavy (non-hydrogen) atoms. The summed E-state index contributed by atoms with van der Waals surface area (Å²) in [5, 5.41) is 2.89. The average Bonchev–Trinajstić information content (AvgIpc) is 2.29. The molecule has 4 heteroatoms. The molecule has 0 bridgehead atoms. The van der Waals surface area contributed by atoms with Crippen molar-refractivity contribution < 1.29 is 4.79 Å². The molecule has 1 amide bonds. The molecule has 96 valence electrons. The number of halogens is 1. The highest BCUT2D eigenvalue weighted by Gasteiger charge is 2.06. The highest BCUT2D eigenvalue weighted by Crippen LogP contribution is 2.07. The molecule has 1 aromatic carbocycles. The second-order valence-corrected chi connectivity index (χ2v) is 4.25. The molecule has 0 aromatic heterocycles. The lowest BCUT2D eigenvalue weighted by Crippen LogP contribution is -2.32. The van der Waals surface area contributed by atoms with E-state index in [9.17, 15) is 4.79 Å². The van der Waals surface area contributed by atoms with Gasteiger partial charge in [0.05, 0.1) is 6.42 Å². The number of hydrogen-bond donors (Lipinski definition) is 2. The number of aryl methyl sites for hydroxylation is 1. The van der Waals surface area contributed by atoms with Gasteiger partial charge in [0.2, 0.25) is 5.91 Å². The third kappa shape index (κ3) is 5.71. The van der Waals surface area contributed by atoms with E-state index in [1.54, 1.807) is 0 Å². The average molecular weight is 257 g/mol. The number of nitrogens with one attached hydrogen (secondary N) is 1. The summed E-state index contributed by atoms with van der Waals surface area (Å²) in [6.07, 6.45) is 0.448. The third-order valence-corrected chi connectivity index (χ3v) is 2.66. The van der Waals surface area contributed by atoms with Crippen molar-refractivity contribution in [3.63, 3.8) is 0 Å². The predicted octanol–water partition coefficient (Wildman–Crippen LogP) is 1.67. The Kier molecular flexibility index (Phi) is 7.59. The van der Waals surface area contributed by atoms with E-state index in [-0.39, 0.29) is 18.3 Å². The minimum Gasteiger partial charge on any atom is -0.355 e. The Labute approximate surface area is 109 Å². The van der Waals surface area contributed by atoms with Gasteiger partial charge < -0.3 is 11.1 Å². The van der Waals surface area contributed by atoms with Crippen molar-refractivity contribution in [3.8, 4) is 0 Å². The molecule has 0 radical (unpaired) electrons. The second kappa shape index (κ2) is 8.09. The first-order valence-corrected chi connectivity index (χ1v) is 5.64. The monoisotopic (exact) mass is 256 g/mol. The molecule has 3 nitrogen and oxygen atoms in total. The van der Waals surface area contributed by atoms with E-state index >= 15 is 0 Å². The second-order valence-electron chi connectivity index (χ2n) is 4.25. The molecule has 0 aliphatic heterocycles. The van der Waals surface area contributed by atoms with Crippen molar-refractivity contribution in [3.05, 3.63) is 35.4 Å². The molecule has 1 aromatic rings. The minimum absolute atomic E-state index is 0.